The Labute approximate surface area is 135 Å². The van der Waals surface area contributed by atoms with Crippen LogP contribution in [0.1, 0.15) is 25.7 Å². The first kappa shape index (κ1) is 24.0. The van der Waals surface area contributed by atoms with E-state index in [0.29, 0.717) is 12.8 Å². The number of hydrogen-bond acceptors (Lipinski definition) is 8. The fourth-order valence-corrected chi connectivity index (χ4v) is 1.22. The van der Waals surface area contributed by atoms with Gasteiger partial charge in [0.2, 0.25) is 0 Å². The Hall–Kier alpha value is -2.28. The summed E-state index contributed by atoms with van der Waals surface area (Å²) in [5.41, 5.74) is 0. The average molecular weight is 356 g/mol. The van der Waals surface area contributed by atoms with Crippen LogP contribution in [0, 0.1) is 0 Å². The summed E-state index contributed by atoms with van der Waals surface area (Å²) in [7, 11) is 0. The summed E-state index contributed by atoms with van der Waals surface area (Å²) in [4.78, 5) is 40.0. The number of carboxylic acid groups (broad SMARTS) is 4. The van der Waals surface area contributed by atoms with Gasteiger partial charge < -0.3 is 40.9 Å². The van der Waals surface area contributed by atoms with E-state index in [0.717, 1.165) is 0 Å². The summed E-state index contributed by atoms with van der Waals surface area (Å²) in [6.45, 7) is 0. The summed E-state index contributed by atoms with van der Waals surface area (Å²) in [6, 6.07) is 0. The number of carbonyl (C=O) groups is 4. The van der Waals surface area contributed by atoms with Crippen LogP contribution in [-0.4, -0.2) is 89.1 Å². The molecule has 0 amide bonds. The predicted octanol–water partition coefficient (Wildman–Crippen LogP) is -2.68. The number of aliphatic carboxylic acids is 4. The average Bonchev–Trinajstić information content (AvgIpc) is 2.48. The van der Waals surface area contributed by atoms with Gasteiger partial charge in [-0.25, -0.2) is 9.59 Å². The van der Waals surface area contributed by atoms with Gasteiger partial charge in [0.05, 0.1) is 0 Å². The zero-order chi connectivity index (χ0) is 19.4. The summed E-state index contributed by atoms with van der Waals surface area (Å²) in [5.74, 6) is -5.42. The third-order valence-electron chi connectivity index (χ3n) is 2.53. The lowest BCUT2D eigenvalue weighted by molar-refractivity contribution is -0.172. The summed E-state index contributed by atoms with van der Waals surface area (Å²) >= 11 is 0. The van der Waals surface area contributed by atoms with Gasteiger partial charge in [0, 0.05) is 12.8 Å². The van der Waals surface area contributed by atoms with Crippen molar-refractivity contribution in [2.75, 3.05) is 0 Å². The van der Waals surface area contributed by atoms with Crippen molar-refractivity contribution in [3.63, 3.8) is 0 Å². The first-order chi connectivity index (χ1) is 10.9. The van der Waals surface area contributed by atoms with E-state index in [1.807, 2.05) is 0 Å². The van der Waals surface area contributed by atoms with Crippen LogP contribution >= 0.6 is 0 Å². The number of aliphatic hydroxyl groups excluding tert-OH is 4. The number of rotatable bonds is 10. The van der Waals surface area contributed by atoms with Crippen molar-refractivity contribution in [1.29, 1.82) is 0 Å². The Morgan fingerprint density at radius 3 is 1.00 bits per heavy atom. The highest BCUT2D eigenvalue weighted by Crippen LogP contribution is 2.05. The molecule has 0 saturated heterocycles. The molecule has 0 aromatic carbocycles. The highest BCUT2D eigenvalue weighted by Gasteiger charge is 2.37. The van der Waals surface area contributed by atoms with Gasteiger partial charge in [-0.2, -0.15) is 0 Å². The smallest absolute Gasteiger partial charge is 0.335 e. The zero-order valence-corrected chi connectivity index (χ0v) is 12.3. The molecule has 0 rings (SSSR count). The topological polar surface area (TPSA) is 230 Å². The molecule has 0 spiro atoms. The van der Waals surface area contributed by atoms with Crippen LogP contribution in [0.2, 0.25) is 0 Å². The van der Waals surface area contributed by atoms with Crippen LogP contribution < -0.4 is 0 Å². The van der Waals surface area contributed by atoms with E-state index in [4.69, 9.17) is 40.9 Å². The Bertz CT molecular complexity index is 394. The van der Waals surface area contributed by atoms with Gasteiger partial charge in [-0.3, -0.25) is 9.59 Å². The molecule has 0 fully saturated rings. The van der Waals surface area contributed by atoms with E-state index in [1.54, 1.807) is 0 Å². The monoisotopic (exact) mass is 356 g/mol. The van der Waals surface area contributed by atoms with Crippen LogP contribution in [0.4, 0.5) is 0 Å². The predicted molar refractivity (Wildman–Crippen MR) is 73.0 cm³/mol. The molecule has 24 heavy (non-hydrogen) atoms. The van der Waals surface area contributed by atoms with Crippen molar-refractivity contribution in [3.05, 3.63) is 0 Å². The third kappa shape index (κ3) is 11.3. The molecule has 0 aliphatic carbocycles. The SMILES string of the molecule is O=C(O)C(O)C(O)C(O)C(O)C(=O)O.O=C(O)CCCCC(=O)O. The largest absolute Gasteiger partial charge is 0.481 e. The second-order valence-electron chi connectivity index (χ2n) is 4.54. The third-order valence-corrected chi connectivity index (χ3v) is 2.53. The Balaban J connectivity index is 0. The number of hydrogen-bond donors (Lipinski definition) is 8. The fraction of sp³-hybridized carbons (Fsp3) is 0.667. The van der Waals surface area contributed by atoms with Gasteiger partial charge in [-0.05, 0) is 12.8 Å². The molecule has 0 heterocycles. The van der Waals surface area contributed by atoms with E-state index < -0.39 is 48.3 Å². The quantitative estimate of drug-likeness (QED) is 0.187. The molecule has 8 N–H and O–H groups in total. The van der Waals surface area contributed by atoms with Crippen molar-refractivity contribution in [1.82, 2.24) is 0 Å². The van der Waals surface area contributed by atoms with Crippen molar-refractivity contribution in [2.24, 2.45) is 0 Å². The van der Waals surface area contributed by atoms with Crippen molar-refractivity contribution in [3.8, 4) is 0 Å². The van der Waals surface area contributed by atoms with Crippen molar-refractivity contribution < 1.29 is 60.0 Å². The Morgan fingerprint density at radius 2 is 0.833 bits per heavy atom. The van der Waals surface area contributed by atoms with Gasteiger partial charge >= 0.3 is 23.9 Å². The maximum Gasteiger partial charge on any atom is 0.335 e. The molecule has 0 bridgehead atoms. The highest BCUT2D eigenvalue weighted by atomic mass is 16.4. The number of carboxylic acids is 4. The molecule has 0 radical (unpaired) electrons. The second-order valence-corrected chi connectivity index (χ2v) is 4.54. The first-order valence-electron chi connectivity index (χ1n) is 6.53. The van der Waals surface area contributed by atoms with E-state index >= 15 is 0 Å². The molecule has 0 aliphatic rings. The maximum absolute atomic E-state index is 10.1. The van der Waals surface area contributed by atoms with E-state index in [-0.39, 0.29) is 12.8 Å². The normalized spacial score (nSPS) is 15.2. The van der Waals surface area contributed by atoms with Gasteiger partial charge in [0.25, 0.3) is 0 Å². The molecule has 0 saturated carbocycles. The molecular formula is C12H20O12. The fourth-order valence-electron chi connectivity index (χ4n) is 1.22. The number of unbranched alkanes of at least 4 members (excludes halogenated alkanes) is 1. The van der Waals surface area contributed by atoms with Crippen molar-refractivity contribution in [2.45, 2.75) is 50.1 Å². The summed E-state index contributed by atoms with van der Waals surface area (Å²) in [5, 5.41) is 67.7. The van der Waals surface area contributed by atoms with Crippen LogP contribution in [0.25, 0.3) is 0 Å². The first-order valence-corrected chi connectivity index (χ1v) is 6.53. The lowest BCUT2D eigenvalue weighted by Gasteiger charge is -2.21. The minimum atomic E-state index is -2.36. The molecule has 0 aromatic heterocycles. The van der Waals surface area contributed by atoms with Crippen LogP contribution in [-0.2, 0) is 19.2 Å². The molecule has 0 aliphatic heterocycles. The molecule has 140 valence electrons. The van der Waals surface area contributed by atoms with Crippen LogP contribution in [0.3, 0.4) is 0 Å². The summed E-state index contributed by atoms with van der Waals surface area (Å²) < 4.78 is 0. The van der Waals surface area contributed by atoms with Gasteiger partial charge in [-0.15, -0.1) is 0 Å². The van der Waals surface area contributed by atoms with Crippen molar-refractivity contribution >= 4 is 23.9 Å². The Morgan fingerprint density at radius 1 is 0.583 bits per heavy atom. The molecule has 0 aromatic rings. The zero-order valence-electron chi connectivity index (χ0n) is 12.3. The van der Waals surface area contributed by atoms with E-state index in [9.17, 15) is 19.2 Å². The molecule has 12 nitrogen and oxygen atoms in total. The highest BCUT2D eigenvalue weighted by molar-refractivity contribution is 5.75. The number of aliphatic hydroxyl groups is 4. The minimum Gasteiger partial charge on any atom is -0.481 e. The van der Waals surface area contributed by atoms with Gasteiger partial charge in [-0.1, -0.05) is 0 Å². The van der Waals surface area contributed by atoms with Crippen LogP contribution in [0.5, 0.6) is 0 Å². The minimum absolute atomic E-state index is 0.0628. The van der Waals surface area contributed by atoms with E-state index in [1.165, 1.54) is 0 Å². The molecule has 4 atom stereocenters. The lowest BCUT2D eigenvalue weighted by atomic mass is 10.0. The van der Waals surface area contributed by atoms with Crippen LogP contribution in [0.15, 0.2) is 0 Å². The van der Waals surface area contributed by atoms with Gasteiger partial charge in [0.15, 0.2) is 12.2 Å². The Kier molecular flexibility index (Phi) is 12.2. The summed E-state index contributed by atoms with van der Waals surface area (Å²) in [6.07, 6.45) is -8.26. The molecule has 4 unspecified atom stereocenters. The van der Waals surface area contributed by atoms with Gasteiger partial charge in [0.1, 0.15) is 12.2 Å². The van der Waals surface area contributed by atoms with E-state index in [2.05, 4.69) is 0 Å². The second kappa shape index (κ2) is 12.2. The standard InChI is InChI=1S/C6H10O8.C6H10O4/c7-1(3(9)5(11)12)2(8)4(10)6(13)14;7-5(8)3-1-2-4-6(9)10/h1-4,7-10H,(H,11,12)(H,13,14);1-4H2,(H,7,8)(H,9,10). The lowest BCUT2D eigenvalue weighted by Crippen LogP contribution is -2.49. The molecule has 12 heteroatoms. The maximum atomic E-state index is 10.1. The molecular weight excluding hydrogens is 336 g/mol.